The number of rotatable bonds is 2. The number of phenols is 4. The van der Waals surface area contributed by atoms with Crippen LogP contribution in [-0.4, -0.2) is 27.0 Å². The van der Waals surface area contributed by atoms with Gasteiger partial charge in [-0.05, 0) is 60.3 Å². The summed E-state index contributed by atoms with van der Waals surface area (Å²) >= 11 is 5.88. The highest BCUT2D eigenvalue weighted by Crippen LogP contribution is 2.38. The SMILES string of the molecule is Br.Oc1cc2c(cc1O)C(Cc1cc(O)c(O)c(Cl)c1)NCC2. The molecular formula is C16H17BrClNO4. The molecule has 0 spiro atoms. The van der Waals surface area contributed by atoms with Gasteiger partial charge in [-0.3, -0.25) is 0 Å². The van der Waals surface area contributed by atoms with E-state index in [0.717, 1.165) is 29.7 Å². The van der Waals surface area contributed by atoms with Crippen LogP contribution in [0.3, 0.4) is 0 Å². The van der Waals surface area contributed by atoms with E-state index in [1.807, 2.05) is 0 Å². The Balaban J connectivity index is 0.00000192. The smallest absolute Gasteiger partial charge is 0.176 e. The second-order valence-electron chi connectivity index (χ2n) is 5.45. The Hall–Kier alpha value is -1.63. The highest BCUT2D eigenvalue weighted by Gasteiger charge is 2.22. The summed E-state index contributed by atoms with van der Waals surface area (Å²) in [4.78, 5) is 0. The first kappa shape index (κ1) is 17.7. The van der Waals surface area contributed by atoms with E-state index >= 15 is 0 Å². The zero-order valence-corrected chi connectivity index (χ0v) is 14.6. The minimum Gasteiger partial charge on any atom is -0.504 e. The van der Waals surface area contributed by atoms with Gasteiger partial charge in [-0.15, -0.1) is 17.0 Å². The summed E-state index contributed by atoms with van der Waals surface area (Å²) in [5.74, 6) is -0.860. The average Bonchev–Trinajstić information content (AvgIpc) is 2.47. The maximum atomic E-state index is 9.71. The highest BCUT2D eigenvalue weighted by molar-refractivity contribution is 8.93. The Morgan fingerprint density at radius 1 is 1.00 bits per heavy atom. The van der Waals surface area contributed by atoms with Gasteiger partial charge in [0.05, 0.1) is 5.02 Å². The summed E-state index contributed by atoms with van der Waals surface area (Å²) in [7, 11) is 0. The molecule has 1 atom stereocenters. The van der Waals surface area contributed by atoms with Gasteiger partial charge in [-0.1, -0.05) is 11.6 Å². The fourth-order valence-corrected chi connectivity index (χ4v) is 3.08. The highest BCUT2D eigenvalue weighted by atomic mass is 79.9. The first-order chi connectivity index (χ1) is 10.5. The zero-order valence-electron chi connectivity index (χ0n) is 12.1. The van der Waals surface area contributed by atoms with Crippen molar-refractivity contribution in [1.29, 1.82) is 0 Å². The normalized spacial score (nSPS) is 16.5. The van der Waals surface area contributed by atoms with Crippen molar-refractivity contribution in [2.75, 3.05) is 6.54 Å². The van der Waals surface area contributed by atoms with Gasteiger partial charge in [0.15, 0.2) is 23.0 Å². The molecule has 0 saturated heterocycles. The minimum atomic E-state index is -0.329. The van der Waals surface area contributed by atoms with Crippen LogP contribution in [0.5, 0.6) is 23.0 Å². The molecule has 0 saturated carbocycles. The summed E-state index contributed by atoms with van der Waals surface area (Å²) in [5.41, 5.74) is 2.65. The van der Waals surface area contributed by atoms with Crippen LogP contribution in [0.4, 0.5) is 0 Å². The van der Waals surface area contributed by atoms with Crippen molar-refractivity contribution in [1.82, 2.24) is 5.32 Å². The largest absolute Gasteiger partial charge is 0.504 e. The molecule has 0 radical (unpaired) electrons. The molecule has 124 valence electrons. The number of fused-ring (bicyclic) bond motifs is 1. The summed E-state index contributed by atoms with van der Waals surface area (Å²) in [6.07, 6.45) is 1.30. The number of halogens is 2. The van der Waals surface area contributed by atoms with E-state index in [4.69, 9.17) is 11.6 Å². The van der Waals surface area contributed by atoms with Crippen molar-refractivity contribution in [2.45, 2.75) is 18.9 Å². The van der Waals surface area contributed by atoms with Crippen LogP contribution in [0.15, 0.2) is 24.3 Å². The molecule has 2 aromatic rings. The molecule has 1 aliphatic rings. The van der Waals surface area contributed by atoms with Crippen LogP contribution in [0.25, 0.3) is 0 Å². The van der Waals surface area contributed by atoms with E-state index in [9.17, 15) is 20.4 Å². The van der Waals surface area contributed by atoms with E-state index < -0.39 is 0 Å². The quantitative estimate of drug-likeness (QED) is 0.498. The number of hydrogen-bond donors (Lipinski definition) is 5. The van der Waals surface area contributed by atoms with Gasteiger partial charge in [0.25, 0.3) is 0 Å². The Morgan fingerprint density at radius 2 is 1.70 bits per heavy atom. The molecule has 2 aromatic carbocycles. The molecule has 3 rings (SSSR count). The van der Waals surface area contributed by atoms with Crippen LogP contribution in [-0.2, 0) is 12.8 Å². The molecular weight excluding hydrogens is 386 g/mol. The molecule has 0 fully saturated rings. The second kappa shape index (κ2) is 6.86. The number of nitrogens with one attached hydrogen (secondary N) is 1. The van der Waals surface area contributed by atoms with E-state index in [2.05, 4.69) is 5.32 Å². The number of hydrogen-bond acceptors (Lipinski definition) is 5. The van der Waals surface area contributed by atoms with Crippen molar-refractivity contribution in [3.05, 3.63) is 46.0 Å². The third-order valence-corrected chi connectivity index (χ3v) is 4.23. The molecule has 23 heavy (non-hydrogen) atoms. The first-order valence-corrected chi connectivity index (χ1v) is 7.32. The van der Waals surface area contributed by atoms with E-state index in [1.54, 1.807) is 18.2 Å². The Bertz CT molecular complexity index is 715. The number of phenolic OH excluding ortho intramolecular Hbond substituents is 4. The molecule has 1 aliphatic heterocycles. The van der Waals surface area contributed by atoms with E-state index in [0.29, 0.717) is 6.42 Å². The lowest BCUT2D eigenvalue weighted by Crippen LogP contribution is -2.31. The number of aromatic hydroxyl groups is 4. The lowest BCUT2D eigenvalue weighted by molar-refractivity contribution is 0.397. The van der Waals surface area contributed by atoms with E-state index in [-0.39, 0.29) is 51.0 Å². The van der Waals surface area contributed by atoms with E-state index in [1.165, 1.54) is 6.07 Å². The van der Waals surface area contributed by atoms with Crippen molar-refractivity contribution >= 4 is 28.6 Å². The third-order valence-electron chi connectivity index (χ3n) is 3.94. The van der Waals surface area contributed by atoms with Gasteiger partial charge in [0.1, 0.15) is 0 Å². The summed E-state index contributed by atoms with van der Waals surface area (Å²) in [6.45, 7) is 0.750. The first-order valence-electron chi connectivity index (χ1n) is 6.94. The van der Waals surface area contributed by atoms with Gasteiger partial charge in [0.2, 0.25) is 0 Å². The second-order valence-corrected chi connectivity index (χ2v) is 5.85. The predicted octanol–water partition coefficient (Wildman–Crippen LogP) is 3.17. The molecule has 1 unspecified atom stereocenters. The van der Waals surface area contributed by atoms with Gasteiger partial charge < -0.3 is 25.7 Å². The van der Waals surface area contributed by atoms with Crippen molar-refractivity contribution in [3.63, 3.8) is 0 Å². The predicted molar refractivity (Wildman–Crippen MR) is 93.0 cm³/mol. The van der Waals surface area contributed by atoms with Gasteiger partial charge in [-0.25, -0.2) is 0 Å². The minimum absolute atomic E-state index is 0. The summed E-state index contributed by atoms with van der Waals surface area (Å²) in [6, 6.07) is 6.14. The van der Waals surface area contributed by atoms with Crippen molar-refractivity contribution in [3.8, 4) is 23.0 Å². The number of benzene rings is 2. The van der Waals surface area contributed by atoms with Gasteiger partial charge in [-0.2, -0.15) is 0 Å². The molecule has 1 heterocycles. The zero-order chi connectivity index (χ0) is 15.9. The van der Waals surface area contributed by atoms with Crippen LogP contribution in [0, 0.1) is 0 Å². The Labute approximate surface area is 148 Å². The fraction of sp³-hybridized carbons (Fsp3) is 0.250. The maximum absolute atomic E-state index is 9.71. The topological polar surface area (TPSA) is 93.0 Å². The van der Waals surface area contributed by atoms with Crippen LogP contribution in [0.1, 0.15) is 22.7 Å². The lowest BCUT2D eigenvalue weighted by Gasteiger charge is -2.27. The molecule has 0 amide bonds. The van der Waals surface area contributed by atoms with Crippen LogP contribution < -0.4 is 5.32 Å². The molecule has 5 N–H and O–H groups in total. The fourth-order valence-electron chi connectivity index (χ4n) is 2.84. The van der Waals surface area contributed by atoms with Crippen molar-refractivity contribution in [2.24, 2.45) is 0 Å². The van der Waals surface area contributed by atoms with Crippen molar-refractivity contribution < 1.29 is 20.4 Å². The van der Waals surface area contributed by atoms with Gasteiger partial charge in [0, 0.05) is 6.04 Å². The Kier molecular flexibility index (Phi) is 5.29. The van der Waals surface area contributed by atoms with Crippen LogP contribution >= 0.6 is 28.6 Å². The van der Waals surface area contributed by atoms with Crippen LogP contribution in [0.2, 0.25) is 5.02 Å². The third kappa shape index (κ3) is 3.49. The summed E-state index contributed by atoms with van der Waals surface area (Å²) < 4.78 is 0. The molecule has 0 aromatic heterocycles. The summed E-state index contributed by atoms with van der Waals surface area (Å²) in [5, 5.41) is 41.9. The maximum Gasteiger partial charge on any atom is 0.176 e. The standard InChI is InChI=1S/C16H16ClNO4.BrH/c17-11-3-8(5-15(21)16(11)22)4-12-10-7-14(20)13(19)6-9(10)1-2-18-12;/h3,5-7,12,18-22H,1-2,4H2;1H. The average molecular weight is 403 g/mol. The van der Waals surface area contributed by atoms with Gasteiger partial charge >= 0.3 is 0 Å². The molecule has 5 nitrogen and oxygen atoms in total. The molecule has 7 heteroatoms. The molecule has 0 aliphatic carbocycles. The monoisotopic (exact) mass is 401 g/mol. The molecule has 0 bridgehead atoms. The lowest BCUT2D eigenvalue weighted by atomic mass is 9.90. The Morgan fingerprint density at radius 3 is 2.39 bits per heavy atom.